The van der Waals surface area contributed by atoms with Crippen molar-refractivity contribution in [2.75, 3.05) is 5.32 Å². The Morgan fingerprint density at radius 1 is 1.24 bits per heavy atom. The van der Waals surface area contributed by atoms with Crippen molar-refractivity contribution in [1.82, 2.24) is 5.32 Å². The van der Waals surface area contributed by atoms with Crippen LogP contribution in [0.5, 0.6) is 0 Å². The Morgan fingerprint density at radius 3 is 2.33 bits per heavy atom. The largest absolute Gasteiger partial charge is 0.478 e. The molecule has 1 fully saturated rings. The van der Waals surface area contributed by atoms with Crippen LogP contribution in [0.1, 0.15) is 23.2 Å². The van der Waals surface area contributed by atoms with Crippen LogP contribution in [0.15, 0.2) is 18.2 Å². The van der Waals surface area contributed by atoms with E-state index in [4.69, 9.17) is 5.11 Å². The lowest BCUT2D eigenvalue weighted by atomic mass is 10.1. The molecule has 2 rings (SSSR count). The molecule has 0 aromatic heterocycles. The molecule has 0 spiro atoms. The summed E-state index contributed by atoms with van der Waals surface area (Å²) in [6.07, 6.45) is -5.10. The maximum Gasteiger partial charge on any atom is 0.411 e. The molecule has 1 saturated carbocycles. The van der Waals surface area contributed by atoms with Crippen molar-refractivity contribution >= 4 is 17.7 Å². The molecule has 1 aromatic carbocycles. The van der Waals surface area contributed by atoms with Gasteiger partial charge in [-0.1, -0.05) is 0 Å². The second-order valence-electron chi connectivity index (χ2n) is 4.65. The fourth-order valence-corrected chi connectivity index (χ4v) is 1.78. The molecule has 1 aromatic rings. The third-order valence-corrected chi connectivity index (χ3v) is 3.11. The van der Waals surface area contributed by atoms with E-state index >= 15 is 0 Å². The number of rotatable bonds is 3. The van der Waals surface area contributed by atoms with Gasteiger partial charge in [0.25, 0.3) is 0 Å². The summed E-state index contributed by atoms with van der Waals surface area (Å²) in [6.45, 7) is 0. The molecule has 1 aliphatic carbocycles. The molecule has 0 radical (unpaired) electrons. The number of nitrogens with one attached hydrogen (secondary N) is 2. The number of benzene rings is 1. The van der Waals surface area contributed by atoms with Crippen LogP contribution in [-0.4, -0.2) is 28.8 Å². The minimum atomic E-state index is -4.60. The highest BCUT2D eigenvalue weighted by atomic mass is 19.4. The van der Waals surface area contributed by atoms with Gasteiger partial charge in [0.15, 0.2) is 0 Å². The molecule has 9 heteroatoms. The zero-order chi connectivity index (χ0) is 15.8. The summed E-state index contributed by atoms with van der Waals surface area (Å²) in [7, 11) is 0. The first kappa shape index (κ1) is 15.1. The molecule has 0 bridgehead atoms. The fraction of sp³-hybridized carbons (Fsp3) is 0.333. The molecule has 0 saturated heterocycles. The normalized spacial score (nSPS) is 16.2. The van der Waals surface area contributed by atoms with E-state index in [1.807, 2.05) is 5.32 Å². The number of carboxylic acid groups (broad SMARTS) is 1. The number of hydrogen-bond donors (Lipinski definition) is 3. The van der Waals surface area contributed by atoms with E-state index in [-0.39, 0.29) is 12.8 Å². The summed E-state index contributed by atoms with van der Waals surface area (Å²) in [5.41, 5.74) is -3.13. The van der Waals surface area contributed by atoms with E-state index < -0.39 is 40.8 Å². The standard InChI is InChI=1S/C12H10F4N2O3/c13-6-1-2-7(9(19)20)8(5-6)17-10(21)18-11(3-4-11)12(14,15)16/h1-2,5H,3-4H2,(H,19,20)(H2,17,18,21). The minimum Gasteiger partial charge on any atom is -0.478 e. The van der Waals surface area contributed by atoms with Crippen LogP contribution in [0, 0.1) is 5.82 Å². The minimum absolute atomic E-state index is 0.251. The Kier molecular flexibility index (Phi) is 3.52. The van der Waals surface area contributed by atoms with Crippen molar-refractivity contribution in [2.24, 2.45) is 0 Å². The number of aromatic carboxylic acids is 1. The van der Waals surface area contributed by atoms with Crippen molar-refractivity contribution in [1.29, 1.82) is 0 Å². The van der Waals surface area contributed by atoms with Crippen molar-refractivity contribution in [2.45, 2.75) is 24.6 Å². The summed E-state index contributed by atoms with van der Waals surface area (Å²) >= 11 is 0. The summed E-state index contributed by atoms with van der Waals surface area (Å²) in [5, 5.41) is 12.6. The molecule has 1 aliphatic rings. The number of carbonyl (C=O) groups is 2. The first-order chi connectivity index (χ1) is 9.64. The molecule has 0 unspecified atom stereocenters. The smallest absolute Gasteiger partial charge is 0.411 e. The van der Waals surface area contributed by atoms with E-state index in [1.54, 1.807) is 5.32 Å². The predicted octanol–water partition coefficient (Wildman–Crippen LogP) is 2.74. The Hall–Kier alpha value is -2.32. The van der Waals surface area contributed by atoms with Gasteiger partial charge in [-0.2, -0.15) is 13.2 Å². The number of alkyl halides is 3. The van der Waals surface area contributed by atoms with E-state index in [2.05, 4.69) is 0 Å². The molecular weight excluding hydrogens is 296 g/mol. The van der Waals surface area contributed by atoms with Gasteiger partial charge >= 0.3 is 18.2 Å². The molecule has 0 aliphatic heterocycles. The summed E-state index contributed by atoms with van der Waals surface area (Å²) in [6, 6.07) is 1.25. The first-order valence-electron chi connectivity index (χ1n) is 5.83. The van der Waals surface area contributed by atoms with Crippen LogP contribution < -0.4 is 10.6 Å². The Morgan fingerprint density at radius 2 is 1.86 bits per heavy atom. The molecular formula is C12H10F4N2O3. The van der Waals surface area contributed by atoms with E-state index in [9.17, 15) is 27.2 Å². The Balaban J connectivity index is 2.14. The van der Waals surface area contributed by atoms with Gasteiger partial charge in [0.1, 0.15) is 11.4 Å². The lowest BCUT2D eigenvalue weighted by Crippen LogP contribution is -2.49. The van der Waals surface area contributed by atoms with Crippen molar-refractivity contribution in [3.63, 3.8) is 0 Å². The van der Waals surface area contributed by atoms with Crippen LogP contribution in [0.2, 0.25) is 0 Å². The van der Waals surface area contributed by atoms with Gasteiger partial charge in [0, 0.05) is 0 Å². The summed E-state index contributed by atoms with van der Waals surface area (Å²) in [4.78, 5) is 22.5. The van der Waals surface area contributed by atoms with Gasteiger partial charge in [-0.25, -0.2) is 14.0 Å². The van der Waals surface area contributed by atoms with E-state index in [1.165, 1.54) is 0 Å². The number of carboxylic acids is 1. The molecule has 0 heterocycles. The molecule has 21 heavy (non-hydrogen) atoms. The van der Waals surface area contributed by atoms with Crippen LogP contribution in [-0.2, 0) is 0 Å². The third kappa shape index (κ3) is 3.06. The number of hydrogen-bond acceptors (Lipinski definition) is 2. The van der Waals surface area contributed by atoms with Crippen LogP contribution >= 0.6 is 0 Å². The maximum atomic E-state index is 13.1. The maximum absolute atomic E-state index is 13.1. The zero-order valence-corrected chi connectivity index (χ0v) is 10.4. The number of urea groups is 1. The highest BCUT2D eigenvalue weighted by molar-refractivity contribution is 6.00. The second kappa shape index (κ2) is 4.90. The zero-order valence-electron chi connectivity index (χ0n) is 10.4. The van der Waals surface area contributed by atoms with Crippen LogP contribution in [0.25, 0.3) is 0 Å². The predicted molar refractivity (Wildman–Crippen MR) is 63.5 cm³/mol. The Bertz CT molecular complexity index is 597. The molecule has 5 nitrogen and oxygen atoms in total. The van der Waals surface area contributed by atoms with Gasteiger partial charge in [-0.05, 0) is 31.0 Å². The quantitative estimate of drug-likeness (QED) is 0.751. The molecule has 0 atom stereocenters. The van der Waals surface area contributed by atoms with Gasteiger partial charge in [0.2, 0.25) is 0 Å². The number of amides is 2. The highest BCUT2D eigenvalue weighted by Gasteiger charge is 2.64. The highest BCUT2D eigenvalue weighted by Crippen LogP contribution is 2.48. The SMILES string of the molecule is O=C(Nc1cc(F)ccc1C(=O)O)NC1(C(F)(F)F)CC1. The van der Waals surface area contributed by atoms with Gasteiger partial charge in [-0.15, -0.1) is 0 Å². The van der Waals surface area contributed by atoms with Crippen LogP contribution in [0.4, 0.5) is 28.0 Å². The Labute approximate surface area is 115 Å². The topological polar surface area (TPSA) is 78.4 Å². The van der Waals surface area contributed by atoms with Crippen molar-refractivity contribution in [3.8, 4) is 0 Å². The molecule has 114 valence electrons. The van der Waals surface area contributed by atoms with Gasteiger partial charge in [0.05, 0.1) is 11.3 Å². The second-order valence-corrected chi connectivity index (χ2v) is 4.65. The van der Waals surface area contributed by atoms with Gasteiger partial charge in [-0.3, -0.25) is 0 Å². The number of anilines is 1. The fourth-order valence-electron chi connectivity index (χ4n) is 1.78. The average Bonchev–Trinajstić information content (AvgIpc) is 3.08. The lowest BCUT2D eigenvalue weighted by molar-refractivity contribution is -0.162. The number of carbonyl (C=O) groups excluding carboxylic acids is 1. The van der Waals surface area contributed by atoms with Crippen LogP contribution in [0.3, 0.4) is 0 Å². The first-order valence-corrected chi connectivity index (χ1v) is 5.83. The van der Waals surface area contributed by atoms with Gasteiger partial charge < -0.3 is 15.7 Å². The monoisotopic (exact) mass is 306 g/mol. The van der Waals surface area contributed by atoms with E-state index in [0.29, 0.717) is 0 Å². The third-order valence-electron chi connectivity index (χ3n) is 3.11. The summed E-state index contributed by atoms with van der Waals surface area (Å²) < 4.78 is 51.1. The molecule has 3 N–H and O–H groups in total. The van der Waals surface area contributed by atoms with Crippen molar-refractivity contribution < 1.29 is 32.3 Å². The molecule has 2 amide bonds. The van der Waals surface area contributed by atoms with Crippen molar-refractivity contribution in [3.05, 3.63) is 29.6 Å². The number of halogens is 4. The lowest BCUT2D eigenvalue weighted by Gasteiger charge is -2.21. The average molecular weight is 306 g/mol. The van der Waals surface area contributed by atoms with E-state index in [0.717, 1.165) is 18.2 Å². The summed E-state index contributed by atoms with van der Waals surface area (Å²) in [5.74, 6) is -2.27.